The van der Waals surface area contributed by atoms with E-state index in [4.69, 9.17) is 9.97 Å². The van der Waals surface area contributed by atoms with E-state index in [-0.39, 0.29) is 0 Å². The normalized spacial score (nSPS) is 11.2. The highest BCUT2D eigenvalue weighted by Gasteiger charge is 2.18. The van der Waals surface area contributed by atoms with Crippen LogP contribution in [-0.2, 0) is 0 Å². The van der Waals surface area contributed by atoms with Crippen LogP contribution in [0.15, 0.2) is 133 Å². The smallest absolute Gasteiger partial charge is 0.423 e. The van der Waals surface area contributed by atoms with Gasteiger partial charge >= 0.3 is 7.12 Å². The number of aromatic nitrogens is 3. The van der Waals surface area contributed by atoms with E-state index >= 15 is 0 Å². The molecule has 190 valence electrons. The van der Waals surface area contributed by atoms with Gasteiger partial charge in [0.25, 0.3) is 0 Å². The Balaban J connectivity index is 1.44. The highest BCUT2D eigenvalue weighted by molar-refractivity contribution is 6.59. The number of fused-ring (bicyclic) bond motifs is 3. The minimum Gasteiger partial charge on any atom is -0.423 e. The predicted octanol–water partition coefficient (Wildman–Crippen LogP) is 6.25. The molecule has 0 unspecified atom stereocenters. The number of nitrogens with zero attached hydrogens (tertiary/aromatic N) is 3. The molecule has 2 heterocycles. The van der Waals surface area contributed by atoms with Crippen molar-refractivity contribution in [1.29, 1.82) is 0 Å². The van der Waals surface area contributed by atoms with Crippen LogP contribution in [0.3, 0.4) is 0 Å². The molecule has 0 aliphatic heterocycles. The lowest BCUT2D eigenvalue weighted by molar-refractivity contribution is 0.426. The van der Waals surface area contributed by atoms with E-state index in [1.54, 1.807) is 6.07 Å². The Morgan fingerprint density at radius 3 is 1.77 bits per heavy atom. The number of rotatable bonds is 5. The Hall–Kier alpha value is -5.04. The fraction of sp³-hybridized carbons (Fsp3) is 0. The van der Waals surface area contributed by atoms with Crippen molar-refractivity contribution < 1.29 is 10.0 Å². The highest BCUT2D eigenvalue weighted by atomic mass is 16.4. The summed E-state index contributed by atoms with van der Waals surface area (Å²) in [5.41, 5.74) is 7.95. The van der Waals surface area contributed by atoms with E-state index in [1.807, 2.05) is 78.9 Å². The lowest BCUT2D eigenvalue weighted by Crippen LogP contribution is -2.29. The molecule has 5 nitrogen and oxygen atoms in total. The molecule has 0 bridgehead atoms. The molecule has 0 saturated heterocycles. The molecule has 0 radical (unpaired) electrons. The zero-order valence-electron chi connectivity index (χ0n) is 21.5. The van der Waals surface area contributed by atoms with Crippen molar-refractivity contribution in [2.24, 2.45) is 0 Å². The quantitative estimate of drug-likeness (QED) is 0.265. The van der Waals surface area contributed by atoms with Gasteiger partial charge in [0, 0.05) is 33.2 Å². The molecule has 5 aromatic carbocycles. The highest BCUT2D eigenvalue weighted by Crippen LogP contribution is 2.33. The monoisotopic (exact) mass is 517 g/mol. The van der Waals surface area contributed by atoms with E-state index in [2.05, 4.69) is 53.1 Å². The minimum absolute atomic E-state index is 0.444. The van der Waals surface area contributed by atoms with Crippen molar-refractivity contribution in [1.82, 2.24) is 14.5 Å². The Labute approximate surface area is 231 Å². The van der Waals surface area contributed by atoms with Gasteiger partial charge in [-0.1, -0.05) is 103 Å². The third kappa shape index (κ3) is 4.26. The van der Waals surface area contributed by atoms with Crippen LogP contribution >= 0.6 is 0 Å². The number of hydrogen-bond acceptors (Lipinski definition) is 4. The molecule has 0 atom stereocenters. The van der Waals surface area contributed by atoms with Gasteiger partial charge in [-0.15, -0.1) is 0 Å². The molecule has 0 fully saturated rings. The van der Waals surface area contributed by atoms with Gasteiger partial charge in [-0.25, -0.2) is 9.97 Å². The van der Waals surface area contributed by atoms with E-state index < -0.39 is 7.12 Å². The molecule has 2 N–H and O–H groups in total. The van der Waals surface area contributed by atoms with E-state index in [0.717, 1.165) is 55.6 Å². The molecule has 7 rings (SSSR count). The topological polar surface area (TPSA) is 71.2 Å². The fourth-order valence-corrected chi connectivity index (χ4v) is 5.30. The predicted molar refractivity (Wildman–Crippen MR) is 163 cm³/mol. The summed E-state index contributed by atoms with van der Waals surface area (Å²) < 4.78 is 2.15. The van der Waals surface area contributed by atoms with Gasteiger partial charge in [0.05, 0.1) is 22.4 Å². The molecule has 0 saturated carbocycles. The first-order valence-corrected chi connectivity index (χ1v) is 13.2. The second-order valence-electron chi connectivity index (χ2n) is 9.75. The molecule has 0 amide bonds. The van der Waals surface area contributed by atoms with Gasteiger partial charge in [0.15, 0.2) is 5.82 Å². The lowest BCUT2D eigenvalue weighted by atomic mass is 9.80. The van der Waals surface area contributed by atoms with Crippen LogP contribution in [0, 0.1) is 0 Å². The minimum atomic E-state index is -1.55. The number of para-hydroxylation sites is 1. The zero-order chi connectivity index (χ0) is 27.1. The third-order valence-corrected chi connectivity index (χ3v) is 7.22. The van der Waals surface area contributed by atoms with Gasteiger partial charge in [-0.2, -0.15) is 0 Å². The molecule has 40 heavy (non-hydrogen) atoms. The summed E-state index contributed by atoms with van der Waals surface area (Å²) in [6.45, 7) is 0. The average molecular weight is 517 g/mol. The van der Waals surface area contributed by atoms with Crippen molar-refractivity contribution in [3.63, 3.8) is 0 Å². The van der Waals surface area contributed by atoms with Gasteiger partial charge < -0.3 is 14.6 Å². The van der Waals surface area contributed by atoms with Crippen LogP contribution in [0.1, 0.15) is 0 Å². The average Bonchev–Trinajstić information content (AvgIpc) is 3.35. The maximum Gasteiger partial charge on any atom is 0.488 e. The molecule has 0 aliphatic carbocycles. The van der Waals surface area contributed by atoms with Crippen LogP contribution in [0.25, 0.3) is 61.4 Å². The van der Waals surface area contributed by atoms with Crippen LogP contribution in [0.2, 0.25) is 0 Å². The second kappa shape index (κ2) is 9.93. The molecule has 2 aromatic heterocycles. The maximum absolute atomic E-state index is 9.88. The van der Waals surface area contributed by atoms with Crippen LogP contribution < -0.4 is 5.46 Å². The summed E-state index contributed by atoms with van der Waals surface area (Å²) >= 11 is 0. The maximum atomic E-state index is 9.88. The Kier molecular flexibility index (Phi) is 5.97. The molecular weight excluding hydrogens is 493 g/mol. The van der Waals surface area contributed by atoms with Crippen molar-refractivity contribution in [2.45, 2.75) is 0 Å². The summed E-state index contributed by atoms with van der Waals surface area (Å²) in [6, 6.07) is 44.3. The summed E-state index contributed by atoms with van der Waals surface area (Å²) in [5.74, 6) is 0.634. The SMILES string of the molecule is OB(O)c1ccc2c3ccccc3n(-c3cccc(-c4nc(-c5ccccc5)cc(-c5ccccc5)n4)c3)c2c1. The second-order valence-corrected chi connectivity index (χ2v) is 9.75. The van der Waals surface area contributed by atoms with Crippen molar-refractivity contribution in [3.8, 4) is 39.6 Å². The molecule has 7 aromatic rings. The summed E-state index contributed by atoms with van der Waals surface area (Å²) in [7, 11) is -1.55. The van der Waals surface area contributed by atoms with Gasteiger partial charge in [0.1, 0.15) is 0 Å². The Morgan fingerprint density at radius 2 is 1.10 bits per heavy atom. The third-order valence-electron chi connectivity index (χ3n) is 7.22. The van der Waals surface area contributed by atoms with E-state index in [0.29, 0.717) is 11.3 Å². The fourth-order valence-electron chi connectivity index (χ4n) is 5.30. The van der Waals surface area contributed by atoms with E-state index in [1.165, 1.54) is 0 Å². The first-order valence-electron chi connectivity index (χ1n) is 13.2. The van der Waals surface area contributed by atoms with Crippen molar-refractivity contribution in [2.75, 3.05) is 0 Å². The van der Waals surface area contributed by atoms with Gasteiger partial charge in [-0.3, -0.25) is 0 Å². The largest absolute Gasteiger partial charge is 0.488 e. The van der Waals surface area contributed by atoms with Crippen molar-refractivity contribution >= 4 is 34.4 Å². The van der Waals surface area contributed by atoms with Crippen LogP contribution in [-0.4, -0.2) is 31.7 Å². The lowest BCUT2D eigenvalue weighted by Gasteiger charge is -2.12. The summed E-state index contributed by atoms with van der Waals surface area (Å²) in [5, 5.41) is 21.9. The molecule has 0 spiro atoms. The van der Waals surface area contributed by atoms with Crippen LogP contribution in [0.5, 0.6) is 0 Å². The summed E-state index contributed by atoms with van der Waals surface area (Å²) in [4.78, 5) is 9.99. The van der Waals surface area contributed by atoms with Gasteiger partial charge in [0.2, 0.25) is 0 Å². The van der Waals surface area contributed by atoms with Crippen LogP contribution in [0.4, 0.5) is 0 Å². The molecule has 0 aliphatic rings. The number of benzene rings is 5. The first-order chi connectivity index (χ1) is 19.7. The standard InChI is InChI=1S/C34H24BN3O2/c39-35(40)26-18-19-29-28-16-7-8-17-32(28)38(33(29)21-26)27-15-9-14-25(20-27)34-36-30(23-10-3-1-4-11-23)22-31(37-34)24-12-5-2-6-13-24/h1-22,39-40H. The Bertz CT molecular complexity index is 1930. The first kappa shape index (κ1) is 24.0. The number of hydrogen-bond donors (Lipinski definition) is 2. The zero-order valence-corrected chi connectivity index (χ0v) is 21.5. The van der Waals surface area contributed by atoms with Crippen molar-refractivity contribution in [3.05, 3.63) is 133 Å². The van der Waals surface area contributed by atoms with E-state index in [9.17, 15) is 10.0 Å². The molecular formula is C34H24BN3O2. The van der Waals surface area contributed by atoms with Gasteiger partial charge in [-0.05, 0) is 35.8 Å². The Morgan fingerprint density at radius 1 is 0.500 bits per heavy atom. The summed E-state index contributed by atoms with van der Waals surface area (Å²) in [6.07, 6.45) is 0. The molecule has 6 heteroatoms.